The topological polar surface area (TPSA) is 118 Å². The average Bonchev–Trinajstić information content (AvgIpc) is 2.82. The number of methoxy groups -OCH3 is 2. The zero-order valence-corrected chi connectivity index (χ0v) is 21.7. The molecular formula is C23H24IN3O6S. The van der Waals surface area contributed by atoms with E-state index in [0.717, 1.165) is 3.57 Å². The molecule has 0 aromatic heterocycles. The molecule has 0 aliphatic carbocycles. The molecule has 1 amide bonds. The number of benzene rings is 2. The second kappa shape index (κ2) is 11.5. The predicted octanol–water partition coefficient (Wildman–Crippen LogP) is 2.89. The van der Waals surface area contributed by atoms with Gasteiger partial charge in [-0.3, -0.25) is 4.79 Å². The minimum Gasteiger partial charge on any atom is -0.493 e. The minimum atomic E-state index is -0.603. The smallest absolute Gasteiger partial charge is 0.339 e. The molecular weight excluding hydrogens is 573 g/mol. The van der Waals surface area contributed by atoms with Crippen molar-refractivity contribution < 1.29 is 28.9 Å². The summed E-state index contributed by atoms with van der Waals surface area (Å²) in [5.74, 6) is -0.0286. The number of carbonyl (C=O) groups is 2. The first-order valence-electron chi connectivity index (χ1n) is 10.2. The number of carbonyl (C=O) groups excluding carboxylic acids is 2. The van der Waals surface area contributed by atoms with Gasteiger partial charge in [0, 0.05) is 5.70 Å². The van der Waals surface area contributed by atoms with E-state index in [1.165, 1.54) is 14.2 Å². The van der Waals surface area contributed by atoms with E-state index in [0.29, 0.717) is 39.1 Å². The van der Waals surface area contributed by atoms with Crippen LogP contribution in [0, 0.1) is 3.57 Å². The Kier molecular flexibility index (Phi) is 8.69. The van der Waals surface area contributed by atoms with Gasteiger partial charge < -0.3 is 35.3 Å². The van der Waals surface area contributed by atoms with Crippen LogP contribution >= 0.6 is 34.8 Å². The number of nitrogens with one attached hydrogen (secondary N) is 3. The molecule has 1 aliphatic rings. The Hall–Kier alpha value is -2.90. The normalized spacial score (nSPS) is 15.2. The SMILES string of the molecule is COC(=O)c1ccccc1NC(=O)C1=C(C)NC(=S)N[C@@H]1c1cc(I)c(OCCO)c(OC)c1. The van der Waals surface area contributed by atoms with Crippen molar-refractivity contribution in [2.24, 2.45) is 0 Å². The van der Waals surface area contributed by atoms with Crippen LogP contribution in [-0.2, 0) is 9.53 Å². The fourth-order valence-electron chi connectivity index (χ4n) is 3.51. The van der Waals surface area contributed by atoms with Crippen LogP contribution in [-0.4, -0.2) is 49.5 Å². The quantitative estimate of drug-likeness (QED) is 0.207. The predicted molar refractivity (Wildman–Crippen MR) is 139 cm³/mol. The fraction of sp³-hybridized carbons (Fsp3) is 0.261. The van der Waals surface area contributed by atoms with Crippen molar-refractivity contribution in [1.29, 1.82) is 0 Å². The standard InChI is InChI=1S/C23H24IN3O6S/c1-12-18(21(29)26-16-7-5-4-6-14(16)22(30)32-3)19(27-23(34)25-12)13-10-15(24)20(33-9-8-28)17(11-13)31-2/h4-7,10-11,19,28H,8-9H2,1-3H3,(H,26,29)(H2,25,27,34)/t19-/m1/s1. The zero-order chi connectivity index (χ0) is 24.8. The van der Waals surface area contributed by atoms with E-state index in [2.05, 4.69) is 38.5 Å². The molecule has 2 aromatic rings. The number of thiocarbonyl (C=S) groups is 1. The van der Waals surface area contributed by atoms with Gasteiger partial charge in [0.25, 0.3) is 5.91 Å². The third-order valence-corrected chi connectivity index (χ3v) is 6.04. The second-order valence-corrected chi connectivity index (χ2v) is 8.74. The lowest BCUT2D eigenvalue weighted by Crippen LogP contribution is -2.45. The van der Waals surface area contributed by atoms with Gasteiger partial charge in [0.1, 0.15) is 6.61 Å². The summed E-state index contributed by atoms with van der Waals surface area (Å²) < 4.78 is 16.7. The van der Waals surface area contributed by atoms with E-state index in [4.69, 9.17) is 31.5 Å². The van der Waals surface area contributed by atoms with E-state index >= 15 is 0 Å². The maximum absolute atomic E-state index is 13.4. The molecule has 1 heterocycles. The highest BCUT2D eigenvalue weighted by Gasteiger charge is 2.32. The number of aliphatic hydroxyl groups excluding tert-OH is 1. The molecule has 0 radical (unpaired) electrons. The minimum absolute atomic E-state index is 0.119. The third-order valence-electron chi connectivity index (χ3n) is 5.02. The molecule has 11 heteroatoms. The molecule has 1 atom stereocenters. The number of rotatable bonds is 8. The van der Waals surface area contributed by atoms with Crippen LogP contribution < -0.4 is 25.4 Å². The van der Waals surface area contributed by atoms with Crippen molar-refractivity contribution in [3.05, 3.63) is 62.4 Å². The summed E-state index contributed by atoms with van der Waals surface area (Å²) in [7, 11) is 2.79. The molecule has 9 nitrogen and oxygen atoms in total. The lowest BCUT2D eigenvalue weighted by atomic mass is 9.94. The Balaban J connectivity index is 2.01. The van der Waals surface area contributed by atoms with E-state index in [1.54, 1.807) is 37.3 Å². The molecule has 0 unspecified atom stereocenters. The lowest BCUT2D eigenvalue weighted by Gasteiger charge is -2.31. The molecule has 3 rings (SSSR count). The van der Waals surface area contributed by atoms with E-state index in [-0.39, 0.29) is 18.8 Å². The van der Waals surface area contributed by atoms with E-state index in [1.807, 2.05) is 6.07 Å². The van der Waals surface area contributed by atoms with Gasteiger partial charge in [-0.05, 0) is 71.6 Å². The van der Waals surface area contributed by atoms with Crippen molar-refractivity contribution in [2.45, 2.75) is 13.0 Å². The number of para-hydroxylation sites is 1. The van der Waals surface area contributed by atoms with Gasteiger partial charge in [-0.1, -0.05) is 12.1 Å². The summed E-state index contributed by atoms with van der Waals surface area (Å²) in [5, 5.41) is 18.4. The summed E-state index contributed by atoms with van der Waals surface area (Å²) in [6.45, 7) is 1.74. The first-order chi connectivity index (χ1) is 16.3. The first-order valence-corrected chi connectivity index (χ1v) is 11.7. The van der Waals surface area contributed by atoms with Crippen molar-refractivity contribution in [2.75, 3.05) is 32.8 Å². The number of halogens is 1. The highest BCUT2D eigenvalue weighted by atomic mass is 127. The number of hydrogen-bond donors (Lipinski definition) is 4. The number of esters is 1. The van der Waals surface area contributed by atoms with Crippen molar-refractivity contribution in [1.82, 2.24) is 10.6 Å². The number of amides is 1. The fourth-order valence-corrected chi connectivity index (χ4v) is 4.56. The van der Waals surface area contributed by atoms with Crippen molar-refractivity contribution in [3.8, 4) is 11.5 Å². The first kappa shape index (κ1) is 25.7. The lowest BCUT2D eigenvalue weighted by molar-refractivity contribution is -0.113. The van der Waals surface area contributed by atoms with Gasteiger partial charge in [0.15, 0.2) is 16.6 Å². The second-order valence-electron chi connectivity index (χ2n) is 7.17. The molecule has 1 aliphatic heterocycles. The molecule has 0 saturated heterocycles. The summed E-state index contributed by atoms with van der Waals surface area (Å²) in [6, 6.07) is 9.60. The highest BCUT2D eigenvalue weighted by molar-refractivity contribution is 14.1. The Morgan fingerprint density at radius 1 is 1.24 bits per heavy atom. The van der Waals surface area contributed by atoms with Crippen LogP contribution in [0.25, 0.3) is 0 Å². The molecule has 4 N–H and O–H groups in total. The average molecular weight is 597 g/mol. The van der Waals surface area contributed by atoms with Crippen LogP contribution in [0.4, 0.5) is 5.69 Å². The Morgan fingerprint density at radius 3 is 2.65 bits per heavy atom. The summed E-state index contributed by atoms with van der Waals surface area (Å²) in [5.41, 5.74) is 2.23. The van der Waals surface area contributed by atoms with Gasteiger partial charge in [-0.25, -0.2) is 4.79 Å². The number of ether oxygens (including phenoxy) is 3. The third kappa shape index (κ3) is 5.59. The van der Waals surface area contributed by atoms with Crippen LogP contribution in [0.5, 0.6) is 11.5 Å². The molecule has 0 saturated carbocycles. The van der Waals surface area contributed by atoms with Gasteiger partial charge >= 0.3 is 5.97 Å². The number of hydrogen-bond acceptors (Lipinski definition) is 7. The van der Waals surface area contributed by atoms with Gasteiger partial charge in [-0.15, -0.1) is 0 Å². The zero-order valence-electron chi connectivity index (χ0n) is 18.7. The molecule has 34 heavy (non-hydrogen) atoms. The maximum Gasteiger partial charge on any atom is 0.339 e. The molecule has 0 bridgehead atoms. The Labute approximate surface area is 216 Å². The summed E-state index contributed by atoms with van der Waals surface area (Å²) in [4.78, 5) is 25.6. The van der Waals surface area contributed by atoms with Crippen LogP contribution in [0.3, 0.4) is 0 Å². The maximum atomic E-state index is 13.4. The van der Waals surface area contributed by atoms with E-state index in [9.17, 15) is 9.59 Å². The Morgan fingerprint density at radius 2 is 1.97 bits per heavy atom. The summed E-state index contributed by atoms with van der Waals surface area (Å²) in [6.07, 6.45) is 0. The number of aliphatic hydroxyl groups is 1. The Bertz CT molecular complexity index is 1150. The van der Waals surface area contributed by atoms with Crippen molar-refractivity contribution in [3.63, 3.8) is 0 Å². The van der Waals surface area contributed by atoms with Gasteiger partial charge in [0.2, 0.25) is 0 Å². The van der Waals surface area contributed by atoms with E-state index < -0.39 is 17.9 Å². The largest absolute Gasteiger partial charge is 0.493 e. The summed E-state index contributed by atoms with van der Waals surface area (Å²) >= 11 is 7.45. The highest BCUT2D eigenvalue weighted by Crippen LogP contribution is 2.38. The molecule has 0 fully saturated rings. The molecule has 0 spiro atoms. The van der Waals surface area contributed by atoms with Gasteiger partial charge in [-0.2, -0.15) is 0 Å². The monoisotopic (exact) mass is 597 g/mol. The number of anilines is 1. The van der Waals surface area contributed by atoms with Gasteiger partial charge in [0.05, 0.1) is 47.3 Å². The molecule has 2 aromatic carbocycles. The van der Waals surface area contributed by atoms with Crippen LogP contribution in [0.2, 0.25) is 0 Å². The van der Waals surface area contributed by atoms with Crippen LogP contribution in [0.1, 0.15) is 28.9 Å². The van der Waals surface area contributed by atoms with Crippen LogP contribution in [0.15, 0.2) is 47.7 Å². The van der Waals surface area contributed by atoms with Crippen molar-refractivity contribution >= 4 is 57.5 Å². The molecule has 180 valence electrons. The number of allylic oxidation sites excluding steroid dienone is 1.